The van der Waals surface area contributed by atoms with Gasteiger partial charge >= 0.3 is 0 Å². The number of hydrogen-bond donors (Lipinski definition) is 1. The van der Waals surface area contributed by atoms with Gasteiger partial charge in [-0.3, -0.25) is 9.59 Å². The molecule has 2 amide bonds. The molecule has 1 aliphatic rings. The number of amides is 2. The standard InChI is InChI=1S/C28H31FN2O3S/c1-34-25-16-8-5-10-20(25)19-31(26(32)18-22-13-9-17-35-22)27(23-14-6-7-15-24(23)29)28(33)30-21-11-3-2-4-12-21/h5-10,13-17,21,27H,2-4,11-12,18-19H2,1H3,(H,30,33). The Labute approximate surface area is 209 Å². The van der Waals surface area contributed by atoms with E-state index in [2.05, 4.69) is 5.32 Å². The second kappa shape index (κ2) is 12.0. The average molecular weight is 495 g/mol. The molecule has 0 aliphatic heterocycles. The van der Waals surface area contributed by atoms with E-state index >= 15 is 4.39 Å². The Morgan fingerprint density at radius 1 is 1.06 bits per heavy atom. The highest BCUT2D eigenvalue weighted by molar-refractivity contribution is 7.10. The maximum atomic E-state index is 15.1. The lowest BCUT2D eigenvalue weighted by atomic mass is 9.94. The molecule has 1 unspecified atom stereocenters. The number of benzene rings is 2. The number of ether oxygens (including phenoxy) is 1. The predicted molar refractivity (Wildman–Crippen MR) is 136 cm³/mol. The molecule has 3 aromatic rings. The van der Waals surface area contributed by atoms with E-state index in [1.54, 1.807) is 25.3 Å². The topological polar surface area (TPSA) is 58.6 Å². The van der Waals surface area contributed by atoms with E-state index in [-0.39, 0.29) is 36.4 Å². The highest BCUT2D eigenvalue weighted by atomic mass is 32.1. The molecule has 1 fully saturated rings. The molecule has 1 atom stereocenters. The second-order valence-corrected chi connectivity index (χ2v) is 9.89. The third-order valence-corrected chi connectivity index (χ3v) is 7.35. The van der Waals surface area contributed by atoms with Gasteiger partial charge in [0.05, 0.1) is 20.1 Å². The van der Waals surface area contributed by atoms with Crippen molar-refractivity contribution in [1.29, 1.82) is 0 Å². The van der Waals surface area contributed by atoms with Gasteiger partial charge in [0.15, 0.2) is 0 Å². The van der Waals surface area contributed by atoms with Crippen LogP contribution in [0.3, 0.4) is 0 Å². The number of rotatable bonds is 9. The normalized spacial score (nSPS) is 14.8. The van der Waals surface area contributed by atoms with Gasteiger partial charge in [-0.15, -0.1) is 11.3 Å². The molecule has 0 spiro atoms. The largest absolute Gasteiger partial charge is 0.496 e. The van der Waals surface area contributed by atoms with Crippen LogP contribution in [0.15, 0.2) is 66.0 Å². The Morgan fingerprint density at radius 3 is 2.51 bits per heavy atom. The van der Waals surface area contributed by atoms with Crippen LogP contribution in [-0.2, 0) is 22.6 Å². The monoisotopic (exact) mass is 494 g/mol. The Bertz CT molecular complexity index is 1130. The molecular formula is C28H31FN2O3S. The Kier molecular flexibility index (Phi) is 8.53. The Balaban J connectivity index is 1.73. The van der Waals surface area contributed by atoms with E-state index in [4.69, 9.17) is 4.74 Å². The third-order valence-electron chi connectivity index (χ3n) is 6.47. The van der Waals surface area contributed by atoms with Gasteiger partial charge in [-0.05, 0) is 36.4 Å². The van der Waals surface area contributed by atoms with E-state index in [0.29, 0.717) is 5.75 Å². The first-order valence-electron chi connectivity index (χ1n) is 12.1. The summed E-state index contributed by atoms with van der Waals surface area (Å²) >= 11 is 1.48. The summed E-state index contributed by atoms with van der Waals surface area (Å²) in [5, 5.41) is 5.04. The van der Waals surface area contributed by atoms with Crippen molar-refractivity contribution < 1.29 is 18.7 Å². The molecule has 1 N–H and O–H groups in total. The first-order valence-corrected chi connectivity index (χ1v) is 12.9. The van der Waals surface area contributed by atoms with Crippen LogP contribution in [0.1, 0.15) is 54.1 Å². The zero-order valence-electron chi connectivity index (χ0n) is 19.9. The van der Waals surface area contributed by atoms with Crippen LogP contribution >= 0.6 is 11.3 Å². The lowest BCUT2D eigenvalue weighted by Crippen LogP contribution is -2.47. The van der Waals surface area contributed by atoms with Gasteiger partial charge in [0.1, 0.15) is 17.6 Å². The van der Waals surface area contributed by atoms with Crippen LogP contribution in [0.25, 0.3) is 0 Å². The van der Waals surface area contributed by atoms with Crippen LogP contribution in [0.5, 0.6) is 5.75 Å². The minimum atomic E-state index is -1.10. The van der Waals surface area contributed by atoms with Crippen LogP contribution in [-0.4, -0.2) is 29.9 Å². The molecular weight excluding hydrogens is 463 g/mol. The van der Waals surface area contributed by atoms with Crippen molar-refractivity contribution in [1.82, 2.24) is 10.2 Å². The third kappa shape index (κ3) is 6.28. The molecule has 1 heterocycles. The van der Waals surface area contributed by atoms with Gasteiger partial charge in [-0.1, -0.05) is 61.7 Å². The number of carbonyl (C=O) groups excluding carboxylic acids is 2. The fourth-order valence-corrected chi connectivity index (χ4v) is 5.37. The number of nitrogens with one attached hydrogen (secondary N) is 1. The summed E-state index contributed by atoms with van der Waals surface area (Å²) in [6.07, 6.45) is 5.18. The minimum Gasteiger partial charge on any atom is -0.496 e. The van der Waals surface area contributed by atoms with Crippen molar-refractivity contribution in [2.45, 2.75) is 57.2 Å². The van der Waals surface area contributed by atoms with Crippen molar-refractivity contribution >= 4 is 23.2 Å². The van der Waals surface area contributed by atoms with Crippen molar-refractivity contribution in [3.05, 3.63) is 87.9 Å². The Morgan fingerprint density at radius 2 is 1.80 bits per heavy atom. The summed E-state index contributed by atoms with van der Waals surface area (Å²) in [5.74, 6) is -0.492. The molecule has 5 nitrogen and oxygen atoms in total. The highest BCUT2D eigenvalue weighted by Gasteiger charge is 2.35. The number of nitrogens with zero attached hydrogens (tertiary/aromatic N) is 1. The predicted octanol–water partition coefficient (Wildman–Crippen LogP) is 5.66. The number of para-hydroxylation sites is 1. The van der Waals surface area contributed by atoms with Gasteiger partial charge in [-0.2, -0.15) is 0 Å². The van der Waals surface area contributed by atoms with Crippen molar-refractivity contribution in [2.75, 3.05) is 7.11 Å². The smallest absolute Gasteiger partial charge is 0.247 e. The molecule has 4 rings (SSSR count). The number of methoxy groups -OCH3 is 1. The lowest BCUT2D eigenvalue weighted by Gasteiger charge is -2.34. The fourth-order valence-electron chi connectivity index (χ4n) is 4.68. The minimum absolute atomic E-state index is 0.0334. The molecule has 2 aromatic carbocycles. The molecule has 35 heavy (non-hydrogen) atoms. The van der Waals surface area contributed by atoms with E-state index in [1.165, 1.54) is 22.3 Å². The quantitative estimate of drug-likeness (QED) is 0.418. The van der Waals surface area contributed by atoms with Gasteiger partial charge in [0.2, 0.25) is 11.8 Å². The first-order chi connectivity index (χ1) is 17.1. The van der Waals surface area contributed by atoms with Gasteiger partial charge in [-0.25, -0.2) is 4.39 Å². The molecule has 1 aliphatic carbocycles. The number of hydrogen-bond acceptors (Lipinski definition) is 4. The van der Waals surface area contributed by atoms with Crippen LogP contribution < -0.4 is 10.1 Å². The van der Waals surface area contributed by atoms with E-state index in [0.717, 1.165) is 42.5 Å². The fraction of sp³-hybridized carbons (Fsp3) is 0.357. The molecule has 0 saturated heterocycles. The van der Waals surface area contributed by atoms with Crippen molar-refractivity contribution in [2.24, 2.45) is 0 Å². The van der Waals surface area contributed by atoms with E-state index in [1.807, 2.05) is 41.8 Å². The molecule has 0 radical (unpaired) electrons. The van der Waals surface area contributed by atoms with Gasteiger partial charge in [0.25, 0.3) is 0 Å². The maximum absolute atomic E-state index is 15.1. The summed E-state index contributed by atoms with van der Waals surface area (Å²) in [6.45, 7) is 0.116. The molecule has 1 saturated carbocycles. The molecule has 184 valence electrons. The van der Waals surface area contributed by atoms with Crippen LogP contribution in [0, 0.1) is 5.82 Å². The van der Waals surface area contributed by atoms with Gasteiger partial charge in [0, 0.05) is 22.0 Å². The zero-order valence-corrected chi connectivity index (χ0v) is 20.7. The first kappa shape index (κ1) is 24.9. The zero-order chi connectivity index (χ0) is 24.6. The van der Waals surface area contributed by atoms with E-state index < -0.39 is 11.9 Å². The van der Waals surface area contributed by atoms with Crippen LogP contribution in [0.2, 0.25) is 0 Å². The number of carbonyl (C=O) groups is 2. The highest BCUT2D eigenvalue weighted by Crippen LogP contribution is 2.30. The molecule has 7 heteroatoms. The Hall–Kier alpha value is -3.19. The summed E-state index contributed by atoms with van der Waals surface area (Å²) in [5.41, 5.74) is 0.941. The molecule has 1 aromatic heterocycles. The summed E-state index contributed by atoms with van der Waals surface area (Å²) in [7, 11) is 1.57. The number of thiophene rings is 1. The lowest BCUT2D eigenvalue weighted by molar-refractivity contribution is -0.141. The summed E-state index contributed by atoms with van der Waals surface area (Å²) < 4.78 is 20.6. The van der Waals surface area contributed by atoms with E-state index in [9.17, 15) is 9.59 Å². The van der Waals surface area contributed by atoms with Gasteiger partial charge < -0.3 is 15.0 Å². The number of halogens is 1. The molecule has 0 bridgehead atoms. The SMILES string of the molecule is COc1ccccc1CN(C(=O)Cc1cccs1)C(C(=O)NC1CCCCC1)c1ccccc1F. The average Bonchev–Trinajstić information content (AvgIpc) is 3.38. The van der Waals surface area contributed by atoms with Crippen molar-refractivity contribution in [3.63, 3.8) is 0 Å². The second-order valence-electron chi connectivity index (χ2n) is 8.86. The summed E-state index contributed by atoms with van der Waals surface area (Å²) in [4.78, 5) is 29.9. The van der Waals surface area contributed by atoms with Crippen molar-refractivity contribution in [3.8, 4) is 5.75 Å². The van der Waals surface area contributed by atoms with Crippen LogP contribution in [0.4, 0.5) is 4.39 Å². The summed E-state index contributed by atoms with van der Waals surface area (Å²) in [6, 6.07) is 16.3. The maximum Gasteiger partial charge on any atom is 0.247 e.